The van der Waals surface area contributed by atoms with Crippen molar-refractivity contribution in [1.82, 2.24) is 9.97 Å². The summed E-state index contributed by atoms with van der Waals surface area (Å²) in [6.07, 6.45) is -0.127. The van der Waals surface area contributed by atoms with Crippen LogP contribution in [0.5, 0.6) is 0 Å². The number of nitrogens with one attached hydrogen (secondary N) is 2. The summed E-state index contributed by atoms with van der Waals surface area (Å²) in [5, 5.41) is 3.64. The number of halogens is 2. The lowest BCUT2D eigenvalue weighted by atomic mass is 10.3. The van der Waals surface area contributed by atoms with Crippen LogP contribution in [-0.4, -0.2) is 34.7 Å². The Morgan fingerprint density at radius 2 is 2.08 bits per heavy atom. The molecule has 2 aromatic rings. The fraction of sp³-hybridized carbons (Fsp3) is 0.200. The van der Waals surface area contributed by atoms with Crippen LogP contribution in [0.3, 0.4) is 0 Å². The lowest BCUT2D eigenvalue weighted by Crippen LogP contribution is -2.17. The third-order valence-corrected chi connectivity index (χ3v) is 4.31. The van der Waals surface area contributed by atoms with E-state index in [4.69, 9.17) is 23.2 Å². The van der Waals surface area contributed by atoms with E-state index >= 15 is 0 Å². The number of amides is 1. The van der Waals surface area contributed by atoms with Crippen LogP contribution in [0.25, 0.3) is 0 Å². The third-order valence-electron chi connectivity index (χ3n) is 2.87. The van der Waals surface area contributed by atoms with Crippen LogP contribution < -0.4 is 10.9 Å². The zero-order chi connectivity index (χ0) is 18.4. The largest absolute Gasteiger partial charge is 0.469 e. The Labute approximate surface area is 157 Å². The SMILES string of the molecule is COC(=O)Cc1cc(=O)[nH]c(SCC(=O)Nc2cc(Cl)ccc2Cl)n1. The molecule has 1 aromatic carbocycles. The maximum atomic E-state index is 12.0. The number of H-pyrrole nitrogens is 1. The monoisotopic (exact) mass is 401 g/mol. The second-order valence-corrected chi connectivity index (χ2v) is 6.56. The highest BCUT2D eigenvalue weighted by molar-refractivity contribution is 7.99. The topological polar surface area (TPSA) is 101 Å². The number of thioether (sulfide) groups is 1. The Morgan fingerprint density at radius 1 is 1.32 bits per heavy atom. The molecule has 0 radical (unpaired) electrons. The van der Waals surface area contributed by atoms with Crippen molar-refractivity contribution in [2.45, 2.75) is 11.6 Å². The highest BCUT2D eigenvalue weighted by Gasteiger charge is 2.11. The van der Waals surface area contributed by atoms with Gasteiger partial charge in [-0.3, -0.25) is 14.4 Å². The maximum Gasteiger partial charge on any atom is 0.311 e. The predicted octanol–water partition coefficient (Wildman–Crippen LogP) is 2.52. The molecule has 25 heavy (non-hydrogen) atoms. The molecule has 2 N–H and O–H groups in total. The van der Waals surface area contributed by atoms with E-state index < -0.39 is 11.5 Å². The number of ether oxygens (including phenoxy) is 1. The molecule has 0 fully saturated rings. The van der Waals surface area contributed by atoms with Gasteiger partial charge in [0.1, 0.15) is 0 Å². The molecule has 2 rings (SSSR count). The van der Waals surface area contributed by atoms with Crippen molar-refractivity contribution < 1.29 is 14.3 Å². The van der Waals surface area contributed by atoms with E-state index in [1.54, 1.807) is 12.1 Å². The lowest BCUT2D eigenvalue weighted by Gasteiger charge is -2.07. The molecule has 1 heterocycles. The van der Waals surface area contributed by atoms with E-state index in [-0.39, 0.29) is 28.9 Å². The molecule has 1 aromatic heterocycles. The molecule has 0 saturated heterocycles. The summed E-state index contributed by atoms with van der Waals surface area (Å²) in [6, 6.07) is 5.91. The van der Waals surface area contributed by atoms with Gasteiger partial charge in [-0.15, -0.1) is 0 Å². The van der Waals surface area contributed by atoms with Gasteiger partial charge in [0.2, 0.25) is 5.91 Å². The van der Waals surface area contributed by atoms with Gasteiger partial charge in [0.15, 0.2) is 5.16 Å². The number of anilines is 1. The molecular formula is C15H13Cl2N3O4S. The number of benzene rings is 1. The molecule has 7 nitrogen and oxygen atoms in total. The van der Waals surface area contributed by atoms with Crippen molar-refractivity contribution in [3.8, 4) is 0 Å². The van der Waals surface area contributed by atoms with Gasteiger partial charge in [-0.1, -0.05) is 35.0 Å². The molecule has 132 valence electrons. The second-order valence-electron chi connectivity index (χ2n) is 4.76. The van der Waals surface area contributed by atoms with E-state index in [0.717, 1.165) is 11.8 Å². The van der Waals surface area contributed by atoms with E-state index in [2.05, 4.69) is 20.0 Å². The number of rotatable bonds is 6. The summed E-state index contributed by atoms with van der Waals surface area (Å²) in [5.74, 6) is -0.884. The van der Waals surface area contributed by atoms with Crippen molar-refractivity contribution >= 4 is 52.5 Å². The molecule has 1 amide bonds. The number of hydrogen-bond acceptors (Lipinski definition) is 6. The van der Waals surface area contributed by atoms with Gasteiger partial charge in [-0.05, 0) is 18.2 Å². The highest BCUT2D eigenvalue weighted by atomic mass is 35.5. The van der Waals surface area contributed by atoms with Crippen molar-refractivity contribution in [1.29, 1.82) is 0 Å². The fourth-order valence-electron chi connectivity index (χ4n) is 1.78. The zero-order valence-corrected chi connectivity index (χ0v) is 15.3. The summed E-state index contributed by atoms with van der Waals surface area (Å²) in [5.41, 5.74) is 0.228. The van der Waals surface area contributed by atoms with Crippen LogP contribution in [0.2, 0.25) is 10.0 Å². The van der Waals surface area contributed by atoms with E-state index in [0.29, 0.717) is 15.7 Å². The Kier molecular flexibility index (Phi) is 6.86. The molecule has 0 aliphatic rings. The smallest absolute Gasteiger partial charge is 0.311 e. The molecule has 0 bridgehead atoms. The van der Waals surface area contributed by atoms with E-state index in [1.165, 1.54) is 19.2 Å². The number of hydrogen-bond donors (Lipinski definition) is 2. The van der Waals surface area contributed by atoms with Crippen molar-refractivity contribution in [3.05, 3.63) is 50.4 Å². The quantitative estimate of drug-likeness (QED) is 0.438. The first kappa shape index (κ1) is 19.3. The van der Waals surface area contributed by atoms with Gasteiger partial charge in [-0.2, -0.15) is 0 Å². The molecule has 0 saturated carbocycles. The van der Waals surface area contributed by atoms with Crippen molar-refractivity contribution in [2.24, 2.45) is 0 Å². The zero-order valence-electron chi connectivity index (χ0n) is 13.0. The number of aromatic nitrogens is 2. The van der Waals surface area contributed by atoms with Crippen LogP contribution >= 0.6 is 35.0 Å². The van der Waals surface area contributed by atoms with Gasteiger partial charge in [0.05, 0.1) is 35.7 Å². The van der Waals surface area contributed by atoms with Crippen LogP contribution in [0.15, 0.2) is 34.2 Å². The van der Waals surface area contributed by atoms with Crippen LogP contribution in [0.1, 0.15) is 5.69 Å². The Bertz CT molecular complexity index is 857. The number of carbonyl (C=O) groups excluding carboxylic acids is 2. The highest BCUT2D eigenvalue weighted by Crippen LogP contribution is 2.25. The molecule has 0 aliphatic heterocycles. The summed E-state index contributed by atoms with van der Waals surface area (Å²) in [6.45, 7) is 0. The average molecular weight is 402 g/mol. The molecule has 0 atom stereocenters. The molecule has 10 heteroatoms. The van der Waals surface area contributed by atoms with Gasteiger partial charge in [-0.25, -0.2) is 4.98 Å². The minimum Gasteiger partial charge on any atom is -0.469 e. The second kappa shape index (κ2) is 8.89. The summed E-state index contributed by atoms with van der Waals surface area (Å²) in [7, 11) is 1.25. The minimum atomic E-state index is -0.512. The maximum absolute atomic E-state index is 12.0. The molecule has 0 unspecified atom stereocenters. The molecule has 0 aliphatic carbocycles. The van der Waals surface area contributed by atoms with Crippen LogP contribution in [-0.2, 0) is 20.7 Å². The number of nitrogens with zero attached hydrogens (tertiary/aromatic N) is 1. The first-order valence-electron chi connectivity index (χ1n) is 6.92. The first-order valence-corrected chi connectivity index (χ1v) is 8.66. The predicted molar refractivity (Wildman–Crippen MR) is 96.4 cm³/mol. The summed E-state index contributed by atoms with van der Waals surface area (Å²) in [4.78, 5) is 41.5. The molecular weight excluding hydrogens is 389 g/mol. The van der Waals surface area contributed by atoms with Gasteiger partial charge in [0.25, 0.3) is 5.56 Å². The minimum absolute atomic E-state index is 0.0204. The van der Waals surface area contributed by atoms with Crippen molar-refractivity contribution in [2.75, 3.05) is 18.2 Å². The number of aromatic amines is 1. The Morgan fingerprint density at radius 3 is 2.80 bits per heavy atom. The van der Waals surface area contributed by atoms with E-state index in [1.807, 2.05) is 0 Å². The average Bonchev–Trinajstić information content (AvgIpc) is 2.55. The lowest BCUT2D eigenvalue weighted by molar-refractivity contribution is -0.139. The normalized spacial score (nSPS) is 10.4. The first-order chi connectivity index (χ1) is 11.9. The Balaban J connectivity index is 2.00. The Hall–Kier alpha value is -2.03. The standard InChI is InChI=1S/C15H13Cl2N3O4S/c1-24-14(23)6-9-5-12(21)20-15(18-9)25-7-13(22)19-11-4-8(16)2-3-10(11)17/h2-5H,6-7H2,1H3,(H,19,22)(H,18,20,21). The number of methoxy groups -OCH3 is 1. The van der Waals surface area contributed by atoms with Crippen molar-refractivity contribution in [3.63, 3.8) is 0 Å². The summed E-state index contributed by atoms with van der Waals surface area (Å²) < 4.78 is 4.53. The third kappa shape index (κ3) is 6.08. The number of esters is 1. The fourth-order valence-corrected chi connectivity index (χ4v) is 2.81. The van der Waals surface area contributed by atoms with Crippen LogP contribution in [0.4, 0.5) is 5.69 Å². The van der Waals surface area contributed by atoms with Gasteiger partial charge < -0.3 is 15.0 Å². The molecule has 0 spiro atoms. The number of carbonyl (C=O) groups is 2. The summed E-state index contributed by atoms with van der Waals surface area (Å²) >= 11 is 12.9. The van der Waals surface area contributed by atoms with Crippen LogP contribution in [0, 0.1) is 0 Å². The van der Waals surface area contributed by atoms with Gasteiger partial charge >= 0.3 is 5.97 Å². The van der Waals surface area contributed by atoms with E-state index in [9.17, 15) is 14.4 Å². The van der Waals surface area contributed by atoms with Gasteiger partial charge in [0, 0.05) is 11.1 Å².